The van der Waals surface area contributed by atoms with E-state index in [-0.39, 0.29) is 19.0 Å². The van der Waals surface area contributed by atoms with E-state index in [4.69, 9.17) is 24.2 Å². The van der Waals surface area contributed by atoms with Gasteiger partial charge in [0.25, 0.3) is 5.91 Å². The van der Waals surface area contributed by atoms with Gasteiger partial charge in [0.15, 0.2) is 29.2 Å². The number of phenolic OH excluding ortho intramolecular Hbond substituents is 1. The van der Waals surface area contributed by atoms with E-state index < -0.39 is 35.8 Å². The van der Waals surface area contributed by atoms with Crippen molar-refractivity contribution in [2.45, 2.75) is 19.1 Å². The smallest absolute Gasteiger partial charge is 0.412 e. The molecule has 0 spiro atoms. The fourth-order valence-corrected chi connectivity index (χ4v) is 2.92. The number of hydrogen-bond donors (Lipinski definition) is 4. The van der Waals surface area contributed by atoms with Gasteiger partial charge in [-0.3, -0.25) is 15.3 Å². The summed E-state index contributed by atoms with van der Waals surface area (Å²) in [6.07, 6.45) is -0.903. The number of anilines is 1. The van der Waals surface area contributed by atoms with Gasteiger partial charge in [0.2, 0.25) is 6.79 Å². The number of nitrogens with one attached hydrogen (secondary N) is 2. The maximum absolute atomic E-state index is 14.0. The van der Waals surface area contributed by atoms with Crippen molar-refractivity contribution >= 4 is 17.7 Å². The van der Waals surface area contributed by atoms with Gasteiger partial charge in [-0.05, 0) is 42.8 Å². The summed E-state index contributed by atoms with van der Waals surface area (Å²) < 4.78 is 35.5. The summed E-state index contributed by atoms with van der Waals surface area (Å²) in [5.74, 6) is -1.37. The van der Waals surface area contributed by atoms with Gasteiger partial charge < -0.3 is 24.1 Å². The molecule has 4 N–H and O–H groups in total. The molecular formula is C21H21FN2O8. The number of hydroxylamine groups is 1. The standard InChI is InChI=1S/C21H21FN2O8/c1-2-29-17(7-8-19(26)24-28)20(12-3-5-15(25)14(22)9-12)32-21(27)23-13-4-6-16-18(10-13)31-11-30-16/h3-10,17,20,25,28H,2,11H2,1H3,(H,23,27)(H,24,26)/b8-7+/t17-,20-/m0/s1. The van der Waals surface area contributed by atoms with Crippen LogP contribution in [0.5, 0.6) is 17.2 Å². The number of aromatic hydroxyl groups is 1. The lowest BCUT2D eigenvalue weighted by atomic mass is 10.0. The topological polar surface area (TPSA) is 136 Å². The molecule has 3 rings (SSSR count). The van der Waals surface area contributed by atoms with Crippen LogP contribution in [0.2, 0.25) is 0 Å². The molecule has 1 heterocycles. The van der Waals surface area contributed by atoms with Crippen LogP contribution in [-0.2, 0) is 14.3 Å². The number of amides is 2. The molecule has 0 aromatic heterocycles. The van der Waals surface area contributed by atoms with Crippen LogP contribution in [-0.4, -0.2) is 41.8 Å². The SMILES string of the molecule is CCO[C@@H](/C=C/C(=O)NO)[C@@H](OC(=O)Nc1ccc2c(c1)OCO2)c1ccc(O)c(F)c1. The fraction of sp³-hybridized carbons (Fsp3) is 0.238. The molecule has 0 saturated carbocycles. The van der Waals surface area contributed by atoms with E-state index in [0.717, 1.165) is 18.2 Å². The third-order valence-corrected chi connectivity index (χ3v) is 4.36. The Bertz CT molecular complexity index is 1010. The van der Waals surface area contributed by atoms with Crippen LogP contribution in [0.25, 0.3) is 0 Å². The molecule has 0 radical (unpaired) electrons. The van der Waals surface area contributed by atoms with Crippen molar-refractivity contribution in [1.29, 1.82) is 0 Å². The minimum Gasteiger partial charge on any atom is -0.505 e. The van der Waals surface area contributed by atoms with E-state index in [1.807, 2.05) is 0 Å². The monoisotopic (exact) mass is 448 g/mol. The summed E-state index contributed by atoms with van der Waals surface area (Å²) in [5, 5.41) is 20.7. The predicted molar refractivity (Wildman–Crippen MR) is 108 cm³/mol. The largest absolute Gasteiger partial charge is 0.505 e. The number of phenols is 1. The minimum absolute atomic E-state index is 0.0709. The molecule has 2 aromatic carbocycles. The normalized spacial score (nSPS) is 14.1. The zero-order chi connectivity index (χ0) is 23.1. The van der Waals surface area contributed by atoms with Gasteiger partial charge in [-0.1, -0.05) is 6.07 Å². The molecule has 2 amide bonds. The third kappa shape index (κ3) is 5.65. The quantitative estimate of drug-likeness (QED) is 0.275. The number of halogens is 1. The summed E-state index contributed by atoms with van der Waals surface area (Å²) in [6, 6.07) is 8.18. The molecule has 32 heavy (non-hydrogen) atoms. The lowest BCUT2D eigenvalue weighted by molar-refractivity contribution is -0.124. The van der Waals surface area contributed by atoms with E-state index >= 15 is 0 Å². The first-order valence-corrected chi connectivity index (χ1v) is 9.50. The van der Waals surface area contributed by atoms with E-state index in [1.165, 1.54) is 17.6 Å². The van der Waals surface area contributed by atoms with Crippen molar-refractivity contribution in [3.8, 4) is 17.2 Å². The number of benzene rings is 2. The Balaban J connectivity index is 1.84. The second kappa shape index (κ2) is 10.5. The Labute approximate surface area is 182 Å². The summed E-state index contributed by atoms with van der Waals surface area (Å²) in [7, 11) is 0. The van der Waals surface area contributed by atoms with Crippen LogP contribution < -0.4 is 20.3 Å². The van der Waals surface area contributed by atoms with Gasteiger partial charge in [-0.2, -0.15) is 0 Å². The Morgan fingerprint density at radius 1 is 1.22 bits per heavy atom. The first-order valence-electron chi connectivity index (χ1n) is 9.50. The van der Waals surface area contributed by atoms with Crippen molar-refractivity contribution in [2.24, 2.45) is 0 Å². The Kier molecular flexibility index (Phi) is 7.47. The molecule has 1 aliphatic rings. The molecule has 10 nitrogen and oxygen atoms in total. The average Bonchev–Trinajstić information content (AvgIpc) is 3.24. The Hall–Kier alpha value is -3.83. The zero-order valence-electron chi connectivity index (χ0n) is 16.9. The number of rotatable bonds is 8. The lowest BCUT2D eigenvalue weighted by Gasteiger charge is -2.25. The maximum atomic E-state index is 14.0. The molecule has 1 aliphatic heterocycles. The number of carbonyl (C=O) groups is 2. The van der Waals surface area contributed by atoms with E-state index in [9.17, 15) is 19.1 Å². The molecule has 0 bridgehead atoms. The summed E-state index contributed by atoms with van der Waals surface area (Å²) in [6.45, 7) is 1.91. The second-order valence-electron chi connectivity index (χ2n) is 6.48. The van der Waals surface area contributed by atoms with E-state index in [1.54, 1.807) is 25.1 Å². The number of fused-ring (bicyclic) bond motifs is 1. The Morgan fingerprint density at radius 3 is 2.72 bits per heavy atom. The average molecular weight is 448 g/mol. The summed E-state index contributed by atoms with van der Waals surface area (Å²) >= 11 is 0. The first-order chi connectivity index (χ1) is 15.4. The Morgan fingerprint density at radius 2 is 2.00 bits per heavy atom. The van der Waals surface area contributed by atoms with Crippen molar-refractivity contribution in [2.75, 3.05) is 18.7 Å². The molecule has 2 aromatic rings. The van der Waals surface area contributed by atoms with Crippen molar-refractivity contribution < 1.29 is 43.2 Å². The number of ether oxygens (including phenoxy) is 4. The van der Waals surface area contributed by atoms with Gasteiger partial charge in [-0.15, -0.1) is 0 Å². The highest BCUT2D eigenvalue weighted by molar-refractivity contribution is 5.87. The molecule has 0 fully saturated rings. The van der Waals surface area contributed by atoms with Crippen molar-refractivity contribution in [1.82, 2.24) is 5.48 Å². The number of hydrogen-bond acceptors (Lipinski definition) is 8. The summed E-state index contributed by atoms with van der Waals surface area (Å²) in [4.78, 5) is 24.0. The molecule has 2 atom stereocenters. The molecule has 170 valence electrons. The van der Waals surface area contributed by atoms with Crippen LogP contribution >= 0.6 is 0 Å². The highest BCUT2D eigenvalue weighted by Crippen LogP contribution is 2.34. The second-order valence-corrected chi connectivity index (χ2v) is 6.48. The van der Waals surface area contributed by atoms with Crippen LogP contribution in [0.1, 0.15) is 18.6 Å². The third-order valence-electron chi connectivity index (χ3n) is 4.36. The molecule has 11 heteroatoms. The lowest BCUT2D eigenvalue weighted by Crippen LogP contribution is -2.28. The van der Waals surface area contributed by atoms with Crippen LogP contribution in [0.4, 0.5) is 14.9 Å². The van der Waals surface area contributed by atoms with E-state index in [2.05, 4.69) is 5.32 Å². The minimum atomic E-state index is -1.21. The first kappa shape index (κ1) is 22.8. The molecular weight excluding hydrogens is 427 g/mol. The van der Waals surface area contributed by atoms with Gasteiger partial charge in [0.1, 0.15) is 6.10 Å². The van der Waals surface area contributed by atoms with Gasteiger partial charge in [0, 0.05) is 24.4 Å². The molecule has 0 unspecified atom stereocenters. The van der Waals surface area contributed by atoms with Gasteiger partial charge in [-0.25, -0.2) is 14.7 Å². The van der Waals surface area contributed by atoms with E-state index in [0.29, 0.717) is 17.2 Å². The van der Waals surface area contributed by atoms with Crippen LogP contribution in [0, 0.1) is 5.82 Å². The zero-order valence-corrected chi connectivity index (χ0v) is 16.9. The highest BCUT2D eigenvalue weighted by Gasteiger charge is 2.27. The highest BCUT2D eigenvalue weighted by atomic mass is 19.1. The molecule has 0 saturated heterocycles. The van der Waals surface area contributed by atoms with Crippen molar-refractivity contribution in [3.63, 3.8) is 0 Å². The maximum Gasteiger partial charge on any atom is 0.412 e. The van der Waals surface area contributed by atoms with Gasteiger partial charge in [0.05, 0.1) is 0 Å². The molecule has 0 aliphatic carbocycles. The van der Waals surface area contributed by atoms with Gasteiger partial charge >= 0.3 is 6.09 Å². The van der Waals surface area contributed by atoms with Crippen molar-refractivity contribution in [3.05, 3.63) is 59.9 Å². The predicted octanol–water partition coefficient (Wildman–Crippen LogP) is 3.02. The van der Waals surface area contributed by atoms with Crippen LogP contribution in [0.3, 0.4) is 0 Å². The van der Waals surface area contributed by atoms with Crippen LogP contribution in [0.15, 0.2) is 48.6 Å². The fourth-order valence-electron chi connectivity index (χ4n) is 2.92. The number of carbonyl (C=O) groups excluding carboxylic acids is 2. The summed E-state index contributed by atoms with van der Waals surface area (Å²) in [5.41, 5.74) is 1.96.